The molecule has 30 heavy (non-hydrogen) atoms. The Morgan fingerprint density at radius 2 is 1.80 bits per heavy atom. The predicted molar refractivity (Wildman–Crippen MR) is 120 cm³/mol. The lowest BCUT2D eigenvalue weighted by atomic mass is 10.1. The number of rotatable bonds is 8. The number of hydrogen-bond acceptors (Lipinski definition) is 4. The van der Waals surface area contributed by atoms with E-state index >= 15 is 0 Å². The molecule has 1 fully saturated rings. The number of nitrogens with two attached hydrogens (primary N) is 1. The topological polar surface area (TPSA) is 75.4 Å². The van der Waals surface area contributed by atoms with Gasteiger partial charge in [0.25, 0.3) is 5.91 Å². The van der Waals surface area contributed by atoms with Crippen molar-refractivity contribution in [2.75, 3.05) is 5.32 Å². The monoisotopic (exact) mass is 419 g/mol. The van der Waals surface area contributed by atoms with Crippen molar-refractivity contribution in [1.82, 2.24) is 4.90 Å². The van der Waals surface area contributed by atoms with Crippen molar-refractivity contribution in [2.45, 2.75) is 32.5 Å². The Labute approximate surface area is 180 Å². The minimum absolute atomic E-state index is 0.121. The largest absolute Gasteiger partial charge is 0.334 e. The maximum absolute atomic E-state index is 13.0. The number of amides is 2. The van der Waals surface area contributed by atoms with Crippen molar-refractivity contribution in [3.63, 3.8) is 0 Å². The zero-order valence-corrected chi connectivity index (χ0v) is 17.5. The van der Waals surface area contributed by atoms with Crippen LogP contribution < -0.4 is 11.1 Å². The van der Waals surface area contributed by atoms with Crippen molar-refractivity contribution in [3.8, 4) is 0 Å². The van der Waals surface area contributed by atoms with Gasteiger partial charge in [0.1, 0.15) is 0 Å². The summed E-state index contributed by atoms with van der Waals surface area (Å²) in [5, 5.41) is 4.88. The van der Waals surface area contributed by atoms with Gasteiger partial charge in [0.05, 0.1) is 4.88 Å². The minimum atomic E-state index is -0.131. The van der Waals surface area contributed by atoms with Crippen LogP contribution in [-0.2, 0) is 24.4 Å². The summed E-state index contributed by atoms with van der Waals surface area (Å²) < 4.78 is 0. The molecule has 0 aliphatic heterocycles. The third kappa shape index (κ3) is 4.96. The van der Waals surface area contributed by atoms with E-state index in [1.807, 2.05) is 58.8 Å². The van der Waals surface area contributed by atoms with Crippen LogP contribution in [0.4, 0.5) is 5.69 Å². The molecule has 154 valence electrons. The zero-order valence-electron chi connectivity index (χ0n) is 16.7. The molecule has 1 heterocycles. The van der Waals surface area contributed by atoms with Gasteiger partial charge in [-0.2, -0.15) is 0 Å². The Morgan fingerprint density at radius 3 is 2.53 bits per heavy atom. The molecule has 0 unspecified atom stereocenters. The summed E-state index contributed by atoms with van der Waals surface area (Å²) >= 11 is 1.41. The summed E-state index contributed by atoms with van der Waals surface area (Å²) in [6.07, 6.45) is 1.91. The van der Waals surface area contributed by atoms with E-state index in [2.05, 4.69) is 11.4 Å². The quantitative estimate of drug-likeness (QED) is 0.568. The highest BCUT2D eigenvalue weighted by molar-refractivity contribution is 7.12. The number of nitrogens with one attached hydrogen (secondary N) is 1. The minimum Gasteiger partial charge on any atom is -0.334 e. The Morgan fingerprint density at radius 1 is 1.00 bits per heavy atom. The first kappa shape index (κ1) is 20.3. The fourth-order valence-corrected chi connectivity index (χ4v) is 4.07. The number of thiophene rings is 1. The molecule has 1 aromatic heterocycles. The van der Waals surface area contributed by atoms with Crippen molar-refractivity contribution in [1.29, 1.82) is 0 Å². The van der Waals surface area contributed by atoms with Gasteiger partial charge in [0.2, 0.25) is 5.91 Å². The van der Waals surface area contributed by atoms with Crippen LogP contribution in [0, 0.1) is 5.92 Å². The molecule has 0 saturated heterocycles. The van der Waals surface area contributed by atoms with Crippen LogP contribution in [-0.4, -0.2) is 16.7 Å². The number of carbonyl (C=O) groups excluding carboxylic acids is 2. The highest BCUT2D eigenvalue weighted by Crippen LogP contribution is 2.32. The summed E-state index contributed by atoms with van der Waals surface area (Å²) in [5.74, 6) is 0.163. The van der Waals surface area contributed by atoms with E-state index in [4.69, 9.17) is 5.73 Å². The third-order valence-electron chi connectivity index (χ3n) is 5.21. The Bertz CT molecular complexity index is 1030. The fraction of sp³-hybridized carbons (Fsp3) is 0.250. The summed E-state index contributed by atoms with van der Waals surface area (Å²) in [6.45, 7) is 1.45. The van der Waals surface area contributed by atoms with E-state index in [9.17, 15) is 9.59 Å². The van der Waals surface area contributed by atoms with Gasteiger partial charge >= 0.3 is 0 Å². The first-order valence-corrected chi connectivity index (χ1v) is 11.0. The molecular weight excluding hydrogens is 394 g/mol. The van der Waals surface area contributed by atoms with Gasteiger partial charge in [-0.05, 0) is 47.0 Å². The Hall–Kier alpha value is -2.96. The van der Waals surface area contributed by atoms with Gasteiger partial charge in [-0.1, -0.05) is 48.5 Å². The zero-order chi connectivity index (χ0) is 20.9. The molecular formula is C24H25N3O2S. The maximum Gasteiger partial charge on any atom is 0.265 e. The van der Waals surface area contributed by atoms with E-state index in [0.717, 1.165) is 35.2 Å². The standard InChI is InChI=1S/C24H25N3O2S/c25-14-17-5-3-6-18(13-17)15-27(24(29)19-10-11-19)16-20-7-1-2-8-21(20)26-23(28)22-9-4-12-30-22/h1-9,12-13,19H,10-11,14-16,25H2,(H,26,28). The SMILES string of the molecule is NCc1cccc(CN(Cc2ccccc2NC(=O)c2cccs2)C(=O)C2CC2)c1. The van der Waals surface area contributed by atoms with E-state index in [1.54, 1.807) is 6.07 Å². The lowest BCUT2D eigenvalue weighted by Gasteiger charge is -2.25. The third-order valence-corrected chi connectivity index (χ3v) is 6.08. The van der Waals surface area contributed by atoms with E-state index < -0.39 is 0 Å². The smallest absolute Gasteiger partial charge is 0.265 e. The van der Waals surface area contributed by atoms with Crippen LogP contribution in [0.2, 0.25) is 0 Å². The highest BCUT2D eigenvalue weighted by atomic mass is 32.1. The van der Waals surface area contributed by atoms with Gasteiger partial charge < -0.3 is 16.0 Å². The van der Waals surface area contributed by atoms with E-state index in [-0.39, 0.29) is 17.7 Å². The fourth-order valence-electron chi connectivity index (χ4n) is 3.45. The highest BCUT2D eigenvalue weighted by Gasteiger charge is 2.33. The van der Waals surface area contributed by atoms with Crippen molar-refractivity contribution in [2.24, 2.45) is 11.7 Å². The second kappa shape index (κ2) is 9.24. The molecule has 6 heteroatoms. The van der Waals surface area contributed by atoms with Crippen molar-refractivity contribution >= 4 is 28.8 Å². The average Bonchev–Trinajstić information content (AvgIpc) is 3.47. The molecule has 0 bridgehead atoms. The number of hydrogen-bond donors (Lipinski definition) is 2. The molecule has 0 spiro atoms. The average molecular weight is 420 g/mol. The lowest BCUT2D eigenvalue weighted by Crippen LogP contribution is -2.31. The number of para-hydroxylation sites is 1. The molecule has 1 saturated carbocycles. The summed E-state index contributed by atoms with van der Waals surface area (Å²) in [4.78, 5) is 28.1. The second-order valence-corrected chi connectivity index (χ2v) is 8.53. The molecule has 1 aliphatic rings. The predicted octanol–water partition coefficient (Wildman–Crippen LogP) is 4.40. The molecule has 2 amide bonds. The van der Waals surface area contributed by atoms with Crippen molar-refractivity contribution < 1.29 is 9.59 Å². The van der Waals surface area contributed by atoms with Crippen LogP contribution >= 0.6 is 11.3 Å². The number of anilines is 1. The number of benzene rings is 2. The lowest BCUT2D eigenvalue weighted by molar-refractivity contribution is -0.133. The molecule has 3 N–H and O–H groups in total. The van der Waals surface area contributed by atoms with Gasteiger partial charge in [0.15, 0.2) is 0 Å². The molecule has 0 atom stereocenters. The van der Waals surface area contributed by atoms with Crippen LogP contribution in [0.1, 0.15) is 39.2 Å². The van der Waals surface area contributed by atoms with Gasteiger partial charge in [-0.3, -0.25) is 9.59 Å². The molecule has 5 nitrogen and oxygen atoms in total. The molecule has 3 aromatic rings. The first-order chi connectivity index (χ1) is 14.6. The van der Waals surface area contributed by atoms with Gasteiger partial charge in [0, 0.05) is 31.2 Å². The summed E-state index contributed by atoms with van der Waals surface area (Å²) in [7, 11) is 0. The van der Waals surface area contributed by atoms with Gasteiger partial charge in [-0.25, -0.2) is 0 Å². The van der Waals surface area contributed by atoms with Crippen molar-refractivity contribution in [3.05, 3.63) is 87.6 Å². The Balaban J connectivity index is 1.55. The van der Waals surface area contributed by atoms with Crippen LogP contribution in [0.25, 0.3) is 0 Å². The number of nitrogens with zero attached hydrogens (tertiary/aromatic N) is 1. The van der Waals surface area contributed by atoms with Crippen LogP contribution in [0.3, 0.4) is 0 Å². The molecule has 0 radical (unpaired) electrons. The van der Waals surface area contributed by atoms with Crippen LogP contribution in [0.5, 0.6) is 0 Å². The Kier molecular flexibility index (Phi) is 6.26. The molecule has 2 aromatic carbocycles. The summed E-state index contributed by atoms with van der Waals surface area (Å²) in [5.41, 5.74) is 9.55. The van der Waals surface area contributed by atoms with E-state index in [0.29, 0.717) is 24.5 Å². The van der Waals surface area contributed by atoms with E-state index in [1.165, 1.54) is 11.3 Å². The molecule has 4 rings (SSSR count). The first-order valence-electron chi connectivity index (χ1n) is 10.1. The second-order valence-electron chi connectivity index (χ2n) is 7.58. The normalized spacial score (nSPS) is 13.1. The number of carbonyl (C=O) groups is 2. The molecule has 1 aliphatic carbocycles. The van der Waals surface area contributed by atoms with Crippen LogP contribution in [0.15, 0.2) is 66.0 Å². The maximum atomic E-state index is 13.0. The van der Waals surface area contributed by atoms with Gasteiger partial charge in [-0.15, -0.1) is 11.3 Å². The summed E-state index contributed by atoms with van der Waals surface area (Å²) in [6, 6.07) is 19.4.